The van der Waals surface area contributed by atoms with Gasteiger partial charge in [-0.25, -0.2) is 0 Å². The third-order valence-corrected chi connectivity index (χ3v) is 5.80. The molecular formula is C16H20F3NO3S2. The number of thiazole rings is 1. The molecule has 4 nitrogen and oxygen atoms in total. The summed E-state index contributed by atoms with van der Waals surface area (Å²) in [6, 6.07) is 3.90. The van der Waals surface area contributed by atoms with Gasteiger partial charge in [0.2, 0.25) is 10.5 Å². The fraction of sp³-hybridized carbons (Fsp3) is 0.562. The fourth-order valence-corrected chi connectivity index (χ4v) is 4.18. The van der Waals surface area contributed by atoms with E-state index in [0.717, 1.165) is 40.7 Å². The van der Waals surface area contributed by atoms with Crippen molar-refractivity contribution in [2.24, 2.45) is 0 Å². The Hall–Kier alpha value is -0.870. The molecule has 2 aromatic rings. The first-order valence-electron chi connectivity index (χ1n) is 7.77. The number of benzene rings is 1. The van der Waals surface area contributed by atoms with Gasteiger partial charge in [-0.05, 0) is 39.3 Å². The highest BCUT2D eigenvalue weighted by Crippen LogP contribution is 2.35. The Morgan fingerprint density at radius 3 is 2.52 bits per heavy atom. The largest absolute Gasteiger partial charge is 0.691 e. The third kappa shape index (κ3) is 5.30. The molecule has 0 N–H and O–H groups in total. The molecule has 0 aliphatic heterocycles. The Bertz CT molecular complexity index is 711. The highest BCUT2D eigenvalue weighted by Gasteiger charge is 2.35. The smallest absolute Gasteiger partial charge is 0.416 e. The van der Waals surface area contributed by atoms with Gasteiger partial charge in [0.05, 0.1) is 11.0 Å². The Morgan fingerprint density at radius 2 is 1.92 bits per heavy atom. The summed E-state index contributed by atoms with van der Waals surface area (Å²) in [5.74, 6) is 0.573. The van der Waals surface area contributed by atoms with Gasteiger partial charge in [-0.2, -0.15) is 22.1 Å². The minimum absolute atomic E-state index is 0.170. The number of unbranched alkanes of at least 4 members (excludes halogenated alkanes) is 1. The van der Waals surface area contributed by atoms with E-state index in [0.29, 0.717) is 17.8 Å². The van der Waals surface area contributed by atoms with E-state index in [1.54, 1.807) is 6.07 Å². The molecule has 25 heavy (non-hydrogen) atoms. The zero-order valence-corrected chi connectivity index (χ0v) is 15.8. The monoisotopic (exact) mass is 395 g/mol. The second kappa shape index (κ2) is 8.22. The van der Waals surface area contributed by atoms with E-state index in [1.807, 2.05) is 25.3 Å². The van der Waals surface area contributed by atoms with E-state index >= 15 is 0 Å². The van der Waals surface area contributed by atoms with Crippen molar-refractivity contribution in [2.75, 3.05) is 5.75 Å². The molecule has 0 saturated heterocycles. The Balaban J connectivity index is 2.29. The van der Waals surface area contributed by atoms with E-state index in [2.05, 4.69) is 9.37 Å². The summed E-state index contributed by atoms with van der Waals surface area (Å²) in [5.41, 5.74) is -0.198. The molecule has 0 saturated carbocycles. The summed E-state index contributed by atoms with van der Waals surface area (Å²) in [6.45, 7) is 6.75. The minimum Gasteiger partial charge on any atom is -0.691 e. The van der Waals surface area contributed by atoms with Gasteiger partial charge in [0, 0.05) is 30.3 Å². The predicted molar refractivity (Wildman–Crippen MR) is 89.6 cm³/mol. The van der Waals surface area contributed by atoms with Crippen molar-refractivity contribution in [1.82, 2.24) is 0 Å². The van der Waals surface area contributed by atoms with Crippen LogP contribution in [0.3, 0.4) is 0 Å². The number of alkyl halides is 3. The van der Waals surface area contributed by atoms with Crippen molar-refractivity contribution < 1.29 is 32.4 Å². The first kappa shape index (κ1) is 20.4. The van der Waals surface area contributed by atoms with Gasteiger partial charge in [-0.1, -0.05) is 11.3 Å². The number of hydrogen-bond acceptors (Lipinski definition) is 5. The first-order chi connectivity index (χ1) is 11.6. The Labute approximate surface area is 152 Å². The van der Waals surface area contributed by atoms with Crippen LogP contribution in [-0.2, 0) is 27.5 Å². The summed E-state index contributed by atoms with van der Waals surface area (Å²) in [4.78, 5) is 0. The maximum absolute atomic E-state index is 13.1. The van der Waals surface area contributed by atoms with Crippen molar-refractivity contribution in [2.45, 2.75) is 51.7 Å². The highest BCUT2D eigenvalue weighted by atomic mass is 32.2. The van der Waals surface area contributed by atoms with Gasteiger partial charge in [-0.15, -0.1) is 0 Å². The molecule has 0 unspecified atom stereocenters. The predicted octanol–water partition coefficient (Wildman–Crippen LogP) is 4.16. The summed E-state index contributed by atoms with van der Waals surface area (Å²) in [6.07, 6.45) is -2.85. The Kier molecular flexibility index (Phi) is 6.72. The molecule has 0 aliphatic rings. The van der Waals surface area contributed by atoms with E-state index in [4.69, 9.17) is 0 Å². The van der Waals surface area contributed by atoms with Gasteiger partial charge in [0.1, 0.15) is 11.2 Å². The molecule has 140 valence electrons. The Morgan fingerprint density at radius 1 is 1.20 bits per heavy atom. The molecule has 1 aromatic heterocycles. The van der Waals surface area contributed by atoms with E-state index in [-0.39, 0.29) is 5.41 Å². The van der Waals surface area contributed by atoms with Crippen molar-refractivity contribution in [3.8, 4) is 0 Å². The summed E-state index contributed by atoms with van der Waals surface area (Å²) in [5, 5.41) is 14.0. The van der Waals surface area contributed by atoms with Crippen LogP contribution in [0.2, 0.25) is 0 Å². The van der Waals surface area contributed by atoms with Crippen molar-refractivity contribution in [3.63, 3.8) is 0 Å². The molecule has 0 amide bonds. The SMILES string of the molecule is CC(C)(C)c1sc2ccc(C(F)(F)F)cc2[n+]1CCCCSOO[O-]. The lowest BCUT2D eigenvalue weighted by Gasteiger charge is -2.13. The number of aromatic nitrogens is 1. The summed E-state index contributed by atoms with van der Waals surface area (Å²) < 4.78 is 46.2. The van der Waals surface area contributed by atoms with Crippen LogP contribution in [-0.4, -0.2) is 5.75 Å². The number of halogens is 3. The molecule has 0 spiro atoms. The van der Waals surface area contributed by atoms with Crippen LogP contribution in [0.15, 0.2) is 18.2 Å². The topological polar surface area (TPSA) is 45.4 Å². The number of nitrogens with zero attached hydrogens (tertiary/aromatic N) is 1. The molecular weight excluding hydrogens is 375 g/mol. The van der Waals surface area contributed by atoms with E-state index in [9.17, 15) is 18.4 Å². The van der Waals surface area contributed by atoms with E-state index in [1.165, 1.54) is 17.4 Å². The standard InChI is InChI=1S/C16H20F3NO3S2/c1-15(2,3)14-20(8-4-5-9-24-23-22-21)12-10-11(16(17,18)19)6-7-13(12)25-14/h6-7,10H,4-5,8-9H2,1-3H3. The fourth-order valence-electron chi connectivity index (χ4n) is 2.52. The summed E-state index contributed by atoms with van der Waals surface area (Å²) in [7, 11) is 0. The molecule has 0 radical (unpaired) electrons. The molecule has 9 heteroatoms. The highest BCUT2D eigenvalue weighted by molar-refractivity contribution is 7.94. The van der Waals surface area contributed by atoms with Crippen LogP contribution >= 0.6 is 23.4 Å². The second-order valence-corrected chi connectivity index (χ2v) is 8.46. The molecule has 1 aromatic carbocycles. The van der Waals surface area contributed by atoms with Crippen LogP contribution in [0.4, 0.5) is 13.2 Å². The van der Waals surface area contributed by atoms with Crippen molar-refractivity contribution in [3.05, 3.63) is 28.8 Å². The van der Waals surface area contributed by atoms with Gasteiger partial charge in [-0.3, -0.25) is 5.04 Å². The third-order valence-electron chi connectivity index (χ3n) is 3.61. The van der Waals surface area contributed by atoms with Gasteiger partial charge >= 0.3 is 6.18 Å². The van der Waals surface area contributed by atoms with Crippen LogP contribution in [0.25, 0.3) is 10.2 Å². The van der Waals surface area contributed by atoms with Crippen molar-refractivity contribution in [1.29, 1.82) is 0 Å². The van der Waals surface area contributed by atoms with Gasteiger partial charge in [0.15, 0.2) is 0 Å². The molecule has 1 heterocycles. The molecule has 0 bridgehead atoms. The average molecular weight is 395 g/mol. The number of rotatable bonds is 7. The lowest BCUT2D eigenvalue weighted by Crippen LogP contribution is -2.41. The maximum Gasteiger partial charge on any atom is 0.416 e. The van der Waals surface area contributed by atoms with E-state index < -0.39 is 11.7 Å². The lowest BCUT2D eigenvalue weighted by atomic mass is 9.97. The first-order valence-corrected chi connectivity index (χ1v) is 9.49. The minimum atomic E-state index is -4.36. The van der Waals surface area contributed by atoms with Gasteiger partial charge < -0.3 is 5.26 Å². The second-order valence-electron chi connectivity index (χ2n) is 6.65. The molecule has 2 rings (SSSR count). The van der Waals surface area contributed by atoms with Crippen LogP contribution < -0.4 is 9.82 Å². The van der Waals surface area contributed by atoms with Crippen LogP contribution in [0.1, 0.15) is 44.2 Å². The van der Waals surface area contributed by atoms with Crippen molar-refractivity contribution >= 4 is 33.6 Å². The summed E-state index contributed by atoms with van der Waals surface area (Å²) >= 11 is 2.45. The zero-order chi connectivity index (χ0) is 18.7. The van der Waals surface area contributed by atoms with Gasteiger partial charge in [0.25, 0.3) is 0 Å². The lowest BCUT2D eigenvalue weighted by molar-refractivity contribution is -0.777. The van der Waals surface area contributed by atoms with Crippen LogP contribution in [0, 0.1) is 0 Å². The quantitative estimate of drug-likeness (QED) is 0.232. The maximum atomic E-state index is 13.1. The average Bonchev–Trinajstić information content (AvgIpc) is 2.88. The molecule has 0 aliphatic carbocycles. The number of hydrogen-bond donors (Lipinski definition) is 0. The molecule has 0 atom stereocenters. The van der Waals surface area contributed by atoms with Crippen LogP contribution in [0.5, 0.6) is 0 Å². The number of aryl methyl sites for hydroxylation is 1. The normalized spacial score (nSPS) is 12.9. The molecule has 0 fully saturated rings. The zero-order valence-electron chi connectivity index (χ0n) is 14.2. The number of fused-ring (bicyclic) bond motifs is 1.